The molecule has 77 heavy (non-hydrogen) atoms. The lowest BCUT2D eigenvalue weighted by atomic mass is 9.81. The average Bonchev–Trinajstić information content (AvgIpc) is 4.32. The Kier molecular flexibility index (Phi) is 22.7. The first-order chi connectivity index (χ1) is 37.0. The van der Waals surface area contributed by atoms with E-state index in [-0.39, 0.29) is 182 Å². The highest BCUT2D eigenvalue weighted by Gasteiger charge is 2.49. The number of fused-ring (bicyclic) bond motifs is 5. The predicted octanol–water partition coefficient (Wildman–Crippen LogP) is 5.66. The molecule has 0 aromatic carbocycles. The van der Waals surface area contributed by atoms with Gasteiger partial charge < -0.3 is 75.8 Å². The van der Waals surface area contributed by atoms with Crippen molar-refractivity contribution < 1.29 is 95.0 Å². The molecule has 9 rings (SSSR count). The van der Waals surface area contributed by atoms with Gasteiger partial charge in [0.25, 0.3) is 0 Å². The highest BCUT2D eigenvalue weighted by atomic mass is 16.6. The smallest absolute Gasteiger partial charge is 0.309 e. The summed E-state index contributed by atoms with van der Waals surface area (Å²) in [6, 6.07) is 0. The van der Waals surface area contributed by atoms with Crippen LogP contribution in [0.3, 0.4) is 0 Å². The van der Waals surface area contributed by atoms with Crippen LogP contribution in [0.5, 0.6) is 0 Å². The topological polar surface area (TPSA) is 226 Å². The normalized spacial score (nSPS) is 33.6. The first kappa shape index (κ1) is 60.5. The molecule has 0 spiro atoms. The van der Waals surface area contributed by atoms with Gasteiger partial charge in [0.05, 0.1) is 182 Å². The van der Waals surface area contributed by atoms with Gasteiger partial charge >= 0.3 is 23.9 Å². The first-order valence-corrected chi connectivity index (χ1v) is 29.2. The molecule has 19 atom stereocenters. The molecular weight excluding hydrogens is 1000 g/mol. The number of hydrogen-bond acceptors (Lipinski definition) is 20. The number of hydrogen-bond donors (Lipinski definition) is 0. The molecule has 9 fully saturated rings. The van der Waals surface area contributed by atoms with Gasteiger partial charge in [-0.15, -0.1) is 0 Å². The van der Waals surface area contributed by atoms with Gasteiger partial charge in [-0.05, 0) is 132 Å². The quantitative estimate of drug-likeness (QED) is 0.0419. The molecule has 19 unspecified atom stereocenters. The number of carbonyl (C=O) groups is 4. The maximum Gasteiger partial charge on any atom is 0.309 e. The molecule has 9 aliphatic rings. The van der Waals surface area contributed by atoms with Crippen molar-refractivity contribution in [1.29, 1.82) is 0 Å². The standard InChI is InChI=1S/C57H92O20/c1-33(66-25-37(5)70-53(58)41-9-12-47-50(17-41)75-47)21-62-29-57(30-63-22-34(2)67-26-38(6)71-54(59)42-10-13-48-51(18-42)76-48,31-64-23-35(3)68-27-39(7)72-55(60)43-11-14-49-52(19-43)77-49)32-65-24-36(4)69-28-40(8)73-56(61)44-15-45-20-46(16-44)74-45/h33-52H,9-32H2,1-8H3. The maximum absolute atomic E-state index is 12.9. The van der Waals surface area contributed by atoms with Gasteiger partial charge in [0.15, 0.2) is 0 Å². The van der Waals surface area contributed by atoms with Crippen LogP contribution in [0.4, 0.5) is 0 Å². The number of esters is 4. The second-order valence-electron chi connectivity index (χ2n) is 24.1. The Hall–Kier alpha value is -2.60. The molecular formula is C57H92O20. The van der Waals surface area contributed by atoms with Crippen molar-refractivity contribution in [2.24, 2.45) is 29.1 Å². The monoisotopic (exact) mass is 1100 g/mol. The van der Waals surface area contributed by atoms with Crippen LogP contribution >= 0.6 is 0 Å². The van der Waals surface area contributed by atoms with Crippen LogP contribution < -0.4 is 0 Å². The van der Waals surface area contributed by atoms with Crippen molar-refractivity contribution in [2.45, 2.75) is 230 Å². The van der Waals surface area contributed by atoms with Gasteiger partial charge in [0, 0.05) is 0 Å². The molecule has 5 heterocycles. The minimum absolute atomic E-state index is 0.142. The van der Waals surface area contributed by atoms with Crippen LogP contribution in [0.1, 0.15) is 132 Å². The van der Waals surface area contributed by atoms with Crippen molar-refractivity contribution in [3.63, 3.8) is 0 Å². The van der Waals surface area contributed by atoms with Crippen LogP contribution in [0, 0.1) is 29.1 Å². The lowest BCUT2D eigenvalue weighted by molar-refractivity contribution is -0.192. The van der Waals surface area contributed by atoms with Crippen molar-refractivity contribution in [3.05, 3.63) is 0 Å². The number of ether oxygens (including phenoxy) is 16. The average molecular weight is 1100 g/mol. The maximum atomic E-state index is 12.9. The molecule has 4 saturated carbocycles. The Morgan fingerprint density at radius 2 is 0.610 bits per heavy atom. The van der Waals surface area contributed by atoms with E-state index in [0.29, 0.717) is 50.4 Å². The Morgan fingerprint density at radius 3 is 0.883 bits per heavy atom. The van der Waals surface area contributed by atoms with Crippen molar-refractivity contribution in [2.75, 3.05) is 79.3 Å². The van der Waals surface area contributed by atoms with Crippen molar-refractivity contribution in [3.8, 4) is 0 Å². The van der Waals surface area contributed by atoms with E-state index in [1.54, 1.807) is 0 Å². The minimum Gasteiger partial charge on any atom is -0.460 e. The Morgan fingerprint density at radius 1 is 0.338 bits per heavy atom. The minimum atomic E-state index is -0.862. The van der Waals surface area contributed by atoms with Crippen molar-refractivity contribution >= 4 is 23.9 Å². The van der Waals surface area contributed by atoms with Gasteiger partial charge in [0.1, 0.15) is 24.4 Å². The van der Waals surface area contributed by atoms with Crippen LogP contribution in [0.25, 0.3) is 0 Å². The van der Waals surface area contributed by atoms with E-state index in [2.05, 4.69) is 0 Å². The largest absolute Gasteiger partial charge is 0.460 e. The van der Waals surface area contributed by atoms with E-state index < -0.39 is 29.8 Å². The number of carbonyl (C=O) groups excluding carboxylic acids is 4. The summed E-state index contributed by atoms with van der Waals surface area (Å²) in [5.74, 6) is -1.42. The van der Waals surface area contributed by atoms with E-state index >= 15 is 0 Å². The van der Waals surface area contributed by atoms with Crippen molar-refractivity contribution in [1.82, 2.24) is 0 Å². The Bertz CT molecular complexity index is 1630. The summed E-state index contributed by atoms with van der Waals surface area (Å²) in [7, 11) is 0. The van der Waals surface area contributed by atoms with E-state index in [0.717, 1.165) is 44.9 Å². The third kappa shape index (κ3) is 19.5. The van der Waals surface area contributed by atoms with Gasteiger partial charge in [-0.25, -0.2) is 0 Å². The third-order valence-electron chi connectivity index (χ3n) is 16.1. The third-order valence-corrected chi connectivity index (χ3v) is 16.1. The summed E-state index contributed by atoms with van der Waals surface area (Å²) >= 11 is 0. The molecule has 5 saturated heterocycles. The highest BCUT2D eigenvalue weighted by molar-refractivity contribution is 5.74. The van der Waals surface area contributed by atoms with E-state index in [1.807, 2.05) is 55.4 Å². The summed E-state index contributed by atoms with van der Waals surface area (Å²) in [5, 5.41) is 0. The predicted molar refractivity (Wildman–Crippen MR) is 274 cm³/mol. The van der Waals surface area contributed by atoms with Crippen LogP contribution in [-0.2, 0) is 95.0 Å². The van der Waals surface area contributed by atoms with Gasteiger partial charge in [0.2, 0.25) is 0 Å². The van der Waals surface area contributed by atoms with Gasteiger partial charge in [-0.3, -0.25) is 19.2 Å². The zero-order valence-electron chi connectivity index (χ0n) is 47.2. The Balaban J connectivity index is 0.832. The van der Waals surface area contributed by atoms with Crippen LogP contribution in [0.2, 0.25) is 0 Å². The molecule has 2 bridgehead atoms. The summed E-state index contributed by atoms with van der Waals surface area (Å²) in [6.45, 7) is 17.2. The molecule has 4 aliphatic carbocycles. The van der Waals surface area contributed by atoms with Crippen LogP contribution in [-0.4, -0.2) is 201 Å². The number of rotatable bonds is 36. The molecule has 0 aromatic rings. The zero-order valence-corrected chi connectivity index (χ0v) is 47.2. The Labute approximate surface area is 456 Å². The molecule has 0 amide bonds. The van der Waals surface area contributed by atoms with Gasteiger partial charge in [-0.1, -0.05) is 0 Å². The number of epoxide rings is 3. The fourth-order valence-corrected chi connectivity index (χ4v) is 11.4. The second kappa shape index (κ2) is 28.9. The molecule has 0 radical (unpaired) electrons. The summed E-state index contributed by atoms with van der Waals surface area (Å²) in [4.78, 5) is 51.6. The SMILES string of the molecule is CC(COCC(COCC(C)OCC(C)OC(=O)C1CCC2OC2C1)(COCC(C)OCC(C)OC(=O)C1CCC2OC2C1)COCC(C)OCC(C)OC(=O)C1CCC2OC2C1)OCC(C)OC(=O)C1CC2CC(C1)O2. The molecule has 20 nitrogen and oxygen atoms in total. The zero-order chi connectivity index (χ0) is 54.6. The lowest BCUT2D eigenvalue weighted by Gasteiger charge is -2.44. The fraction of sp³-hybridized carbons (Fsp3) is 0.930. The summed E-state index contributed by atoms with van der Waals surface area (Å²) in [6.07, 6.45) is 8.15. The van der Waals surface area contributed by atoms with Crippen LogP contribution in [0.15, 0.2) is 0 Å². The molecule has 440 valence electrons. The fourth-order valence-electron chi connectivity index (χ4n) is 11.4. The van der Waals surface area contributed by atoms with E-state index in [1.165, 1.54) is 0 Å². The van der Waals surface area contributed by atoms with E-state index in [4.69, 9.17) is 75.8 Å². The molecule has 20 heteroatoms. The molecule has 0 aromatic heterocycles. The summed E-state index contributed by atoms with van der Waals surface area (Å²) in [5.41, 5.74) is -0.862. The van der Waals surface area contributed by atoms with E-state index in [9.17, 15) is 19.2 Å². The highest BCUT2D eigenvalue weighted by Crippen LogP contribution is 2.42. The summed E-state index contributed by atoms with van der Waals surface area (Å²) < 4.78 is 95.8. The molecule has 0 N–H and O–H groups in total. The molecule has 5 aliphatic heterocycles. The van der Waals surface area contributed by atoms with Gasteiger partial charge in [-0.2, -0.15) is 0 Å². The second-order valence-corrected chi connectivity index (χ2v) is 24.1. The lowest BCUT2D eigenvalue weighted by Crippen LogP contribution is -2.48. The first-order valence-electron chi connectivity index (χ1n) is 29.2.